The van der Waals surface area contributed by atoms with Crippen LogP contribution in [-0.2, 0) is 6.18 Å². The van der Waals surface area contributed by atoms with E-state index < -0.39 is 11.7 Å². The summed E-state index contributed by atoms with van der Waals surface area (Å²) in [5.74, 6) is 0.0990. The number of aromatic nitrogens is 1. The maximum absolute atomic E-state index is 13.2. The Morgan fingerprint density at radius 3 is 2.55 bits per heavy atom. The van der Waals surface area contributed by atoms with Crippen molar-refractivity contribution in [1.82, 2.24) is 4.98 Å². The van der Waals surface area contributed by atoms with Crippen LogP contribution in [0.5, 0.6) is 5.75 Å². The Balaban J connectivity index is 2.30. The molecule has 1 aromatic rings. The van der Waals surface area contributed by atoms with Crippen LogP contribution >= 0.6 is 15.9 Å². The van der Waals surface area contributed by atoms with Crippen LogP contribution in [0.2, 0.25) is 0 Å². The van der Waals surface area contributed by atoms with Gasteiger partial charge in [0, 0.05) is 11.2 Å². The van der Waals surface area contributed by atoms with E-state index in [1.165, 1.54) is 6.20 Å². The van der Waals surface area contributed by atoms with Gasteiger partial charge in [-0.25, -0.2) is 0 Å². The van der Waals surface area contributed by atoms with E-state index in [1.54, 1.807) is 0 Å². The van der Waals surface area contributed by atoms with Crippen LogP contribution in [0, 0.1) is 0 Å². The topological polar surface area (TPSA) is 22.1 Å². The lowest BCUT2D eigenvalue weighted by Gasteiger charge is -2.24. The SMILES string of the molecule is FC(F)(F)c1cc(OCCBr)cnc1C1CCCCC1. The van der Waals surface area contributed by atoms with Gasteiger partial charge < -0.3 is 4.74 Å². The van der Waals surface area contributed by atoms with Gasteiger partial charge in [0.25, 0.3) is 0 Å². The molecule has 1 saturated carbocycles. The average Bonchev–Trinajstić information content (AvgIpc) is 2.45. The molecule has 1 aliphatic rings. The molecule has 2 rings (SSSR count). The highest BCUT2D eigenvalue weighted by atomic mass is 79.9. The van der Waals surface area contributed by atoms with Crippen LogP contribution in [0.25, 0.3) is 0 Å². The molecule has 1 fully saturated rings. The van der Waals surface area contributed by atoms with E-state index >= 15 is 0 Å². The summed E-state index contributed by atoms with van der Waals surface area (Å²) >= 11 is 3.17. The van der Waals surface area contributed by atoms with Gasteiger partial charge in [-0.1, -0.05) is 35.2 Å². The molecule has 1 aliphatic carbocycles. The van der Waals surface area contributed by atoms with Gasteiger partial charge in [-0.2, -0.15) is 13.2 Å². The third-order valence-corrected chi connectivity index (χ3v) is 3.86. The Kier molecular flexibility index (Phi) is 5.29. The molecule has 20 heavy (non-hydrogen) atoms. The van der Waals surface area contributed by atoms with Crippen molar-refractivity contribution in [2.75, 3.05) is 11.9 Å². The number of halogens is 4. The molecule has 0 radical (unpaired) electrons. The highest BCUT2D eigenvalue weighted by Gasteiger charge is 2.37. The first-order chi connectivity index (χ1) is 9.52. The van der Waals surface area contributed by atoms with Crippen LogP contribution in [-0.4, -0.2) is 16.9 Å². The minimum atomic E-state index is -4.38. The number of pyridine rings is 1. The Labute approximate surface area is 124 Å². The van der Waals surface area contributed by atoms with E-state index in [4.69, 9.17) is 4.74 Å². The van der Waals surface area contributed by atoms with E-state index in [0.717, 1.165) is 38.2 Å². The largest absolute Gasteiger partial charge is 0.491 e. The Bertz CT molecular complexity index is 445. The van der Waals surface area contributed by atoms with E-state index in [1.807, 2.05) is 0 Å². The van der Waals surface area contributed by atoms with E-state index in [2.05, 4.69) is 20.9 Å². The lowest BCUT2D eigenvalue weighted by Crippen LogP contribution is -2.16. The zero-order valence-corrected chi connectivity index (χ0v) is 12.6. The smallest absolute Gasteiger partial charge is 0.418 e. The van der Waals surface area contributed by atoms with Gasteiger partial charge in [-0.15, -0.1) is 0 Å². The average molecular weight is 352 g/mol. The number of nitrogens with zero attached hydrogens (tertiary/aromatic N) is 1. The van der Waals surface area contributed by atoms with Gasteiger partial charge in [0.1, 0.15) is 5.75 Å². The first kappa shape index (κ1) is 15.6. The fourth-order valence-electron chi connectivity index (χ4n) is 2.62. The van der Waals surface area contributed by atoms with Crippen molar-refractivity contribution >= 4 is 15.9 Å². The first-order valence-electron chi connectivity index (χ1n) is 6.78. The highest BCUT2D eigenvalue weighted by Crippen LogP contribution is 2.40. The Morgan fingerprint density at radius 1 is 1.25 bits per heavy atom. The summed E-state index contributed by atoms with van der Waals surface area (Å²) in [7, 11) is 0. The molecule has 112 valence electrons. The van der Waals surface area contributed by atoms with E-state index in [-0.39, 0.29) is 17.4 Å². The number of hydrogen-bond acceptors (Lipinski definition) is 2. The fraction of sp³-hybridized carbons (Fsp3) is 0.643. The second kappa shape index (κ2) is 6.78. The van der Waals surface area contributed by atoms with E-state index in [9.17, 15) is 13.2 Å². The van der Waals surface area contributed by atoms with Crippen molar-refractivity contribution in [1.29, 1.82) is 0 Å². The third kappa shape index (κ3) is 3.87. The third-order valence-electron chi connectivity index (χ3n) is 3.54. The fourth-order valence-corrected chi connectivity index (χ4v) is 2.78. The number of hydrogen-bond donors (Lipinski definition) is 0. The van der Waals surface area contributed by atoms with Crippen molar-refractivity contribution in [3.8, 4) is 5.75 Å². The summed E-state index contributed by atoms with van der Waals surface area (Å²) < 4.78 is 44.8. The lowest BCUT2D eigenvalue weighted by molar-refractivity contribution is -0.138. The molecule has 0 atom stereocenters. The molecule has 0 aromatic carbocycles. The molecule has 1 aromatic heterocycles. The van der Waals surface area contributed by atoms with Gasteiger partial charge in [-0.3, -0.25) is 4.98 Å². The Morgan fingerprint density at radius 2 is 1.95 bits per heavy atom. The maximum Gasteiger partial charge on any atom is 0.418 e. The van der Waals surface area contributed by atoms with Gasteiger partial charge in [0.05, 0.1) is 24.1 Å². The predicted molar refractivity (Wildman–Crippen MR) is 74.4 cm³/mol. The van der Waals surface area contributed by atoms with Crippen LogP contribution in [0.4, 0.5) is 13.2 Å². The molecule has 0 amide bonds. The summed E-state index contributed by atoms with van der Waals surface area (Å²) in [5.41, 5.74) is -0.458. The molecular formula is C14H17BrF3NO. The number of ether oxygens (including phenoxy) is 1. The van der Waals surface area contributed by atoms with Crippen LogP contribution < -0.4 is 4.74 Å². The zero-order chi connectivity index (χ0) is 14.6. The van der Waals surface area contributed by atoms with Gasteiger partial charge in [-0.05, 0) is 18.9 Å². The van der Waals surface area contributed by atoms with Crippen LogP contribution in [0.15, 0.2) is 12.3 Å². The van der Waals surface area contributed by atoms with Gasteiger partial charge in [0.15, 0.2) is 0 Å². The summed E-state index contributed by atoms with van der Waals surface area (Å²) in [5, 5.41) is 0.568. The molecule has 0 aliphatic heterocycles. The quantitative estimate of drug-likeness (QED) is 0.718. The Hall–Kier alpha value is -0.780. The zero-order valence-electron chi connectivity index (χ0n) is 11.0. The van der Waals surface area contributed by atoms with Crippen molar-refractivity contribution in [3.05, 3.63) is 23.5 Å². The molecule has 0 saturated heterocycles. The van der Waals surface area contributed by atoms with Gasteiger partial charge in [0.2, 0.25) is 0 Å². The molecular weight excluding hydrogens is 335 g/mol. The highest BCUT2D eigenvalue weighted by molar-refractivity contribution is 9.09. The van der Waals surface area contributed by atoms with Crippen molar-refractivity contribution in [3.63, 3.8) is 0 Å². The summed E-state index contributed by atoms with van der Waals surface area (Å²) in [4.78, 5) is 4.06. The molecule has 0 bridgehead atoms. The molecule has 6 heteroatoms. The summed E-state index contributed by atoms with van der Waals surface area (Å²) in [6.07, 6.45) is 1.66. The molecule has 0 spiro atoms. The maximum atomic E-state index is 13.2. The number of rotatable bonds is 4. The second-order valence-corrected chi connectivity index (χ2v) is 5.77. The standard InChI is InChI=1S/C14H17BrF3NO/c15-6-7-20-11-8-12(14(16,17)18)13(19-9-11)10-4-2-1-3-5-10/h8-10H,1-7H2. The molecule has 0 unspecified atom stereocenters. The summed E-state index contributed by atoms with van der Waals surface area (Å²) in [6, 6.07) is 1.08. The van der Waals surface area contributed by atoms with Crippen molar-refractivity contribution in [2.24, 2.45) is 0 Å². The minimum Gasteiger partial charge on any atom is -0.491 e. The van der Waals surface area contributed by atoms with E-state index in [0.29, 0.717) is 11.9 Å². The minimum absolute atomic E-state index is 0.0781. The summed E-state index contributed by atoms with van der Waals surface area (Å²) in [6.45, 7) is 0.321. The monoisotopic (exact) mass is 351 g/mol. The second-order valence-electron chi connectivity index (χ2n) is 4.97. The van der Waals surface area contributed by atoms with Gasteiger partial charge >= 0.3 is 6.18 Å². The van der Waals surface area contributed by atoms with Crippen molar-refractivity contribution < 1.29 is 17.9 Å². The predicted octanol–water partition coefficient (Wildman–Crippen LogP) is 4.92. The number of alkyl halides is 4. The molecule has 2 nitrogen and oxygen atoms in total. The first-order valence-corrected chi connectivity index (χ1v) is 7.90. The molecule has 1 heterocycles. The van der Waals surface area contributed by atoms with Crippen LogP contribution in [0.3, 0.4) is 0 Å². The molecule has 0 N–H and O–H groups in total. The normalized spacial score (nSPS) is 17.2. The lowest BCUT2D eigenvalue weighted by atomic mass is 9.85. The van der Waals surface area contributed by atoms with Crippen molar-refractivity contribution in [2.45, 2.75) is 44.2 Å². The van der Waals surface area contributed by atoms with Crippen LogP contribution in [0.1, 0.15) is 49.3 Å².